The third-order valence-electron chi connectivity index (χ3n) is 1.88. The molecular formula is C8H13F3. The van der Waals surface area contributed by atoms with E-state index in [4.69, 9.17) is 0 Å². The molecule has 0 aliphatic heterocycles. The lowest BCUT2D eigenvalue weighted by molar-refractivity contribution is -0.0925. The Morgan fingerprint density at radius 2 is 1.45 bits per heavy atom. The molecule has 11 heavy (non-hydrogen) atoms. The Labute approximate surface area is 65.1 Å². The standard InChI is InChI=1S/C8H13F3/c1-5(2)6(3)7(4)8(9,10)11/h5H,1-4H3/b7-6-. The normalized spacial score (nSPS) is 15.3. The van der Waals surface area contributed by atoms with Gasteiger partial charge in [-0.1, -0.05) is 19.4 Å². The molecule has 0 aromatic heterocycles. The maximum absolute atomic E-state index is 12.0. The highest BCUT2D eigenvalue weighted by molar-refractivity contribution is 5.16. The van der Waals surface area contributed by atoms with Crippen LogP contribution < -0.4 is 0 Å². The Morgan fingerprint density at radius 3 is 1.55 bits per heavy atom. The molecule has 0 amide bonds. The number of allylic oxidation sites excluding steroid dienone is 2. The van der Waals surface area contributed by atoms with Gasteiger partial charge in [0.15, 0.2) is 0 Å². The van der Waals surface area contributed by atoms with E-state index in [0.717, 1.165) is 6.92 Å². The van der Waals surface area contributed by atoms with Crippen LogP contribution in [-0.2, 0) is 0 Å². The smallest absolute Gasteiger partial charge is 0.166 e. The van der Waals surface area contributed by atoms with Crippen molar-refractivity contribution in [2.45, 2.75) is 33.9 Å². The molecule has 0 aromatic carbocycles. The molecular weight excluding hydrogens is 153 g/mol. The molecule has 0 atom stereocenters. The van der Waals surface area contributed by atoms with Crippen LogP contribution in [0.2, 0.25) is 0 Å². The fourth-order valence-corrected chi connectivity index (χ4v) is 0.657. The molecule has 0 bridgehead atoms. The Balaban J connectivity index is 4.67. The maximum atomic E-state index is 12.0. The van der Waals surface area contributed by atoms with E-state index in [9.17, 15) is 13.2 Å². The number of halogens is 3. The third-order valence-corrected chi connectivity index (χ3v) is 1.88. The summed E-state index contributed by atoms with van der Waals surface area (Å²) in [5, 5.41) is 0. The first-order valence-electron chi connectivity index (χ1n) is 3.51. The molecule has 0 aliphatic rings. The molecule has 0 unspecified atom stereocenters. The van der Waals surface area contributed by atoms with Gasteiger partial charge >= 0.3 is 6.18 Å². The lowest BCUT2D eigenvalue weighted by atomic mass is 10.00. The van der Waals surface area contributed by atoms with Gasteiger partial charge in [0, 0.05) is 5.57 Å². The molecule has 0 saturated carbocycles. The van der Waals surface area contributed by atoms with Gasteiger partial charge in [-0.05, 0) is 19.8 Å². The second-order valence-corrected chi connectivity index (χ2v) is 2.96. The van der Waals surface area contributed by atoms with E-state index in [1.54, 1.807) is 13.8 Å². The molecule has 0 aliphatic carbocycles. The Bertz CT molecular complexity index is 163. The van der Waals surface area contributed by atoms with Crippen LogP contribution in [0.1, 0.15) is 27.7 Å². The van der Waals surface area contributed by atoms with E-state index in [-0.39, 0.29) is 5.92 Å². The second kappa shape index (κ2) is 3.28. The maximum Gasteiger partial charge on any atom is 0.412 e. The summed E-state index contributed by atoms with van der Waals surface area (Å²) in [6.07, 6.45) is -4.16. The number of rotatable bonds is 1. The average Bonchev–Trinajstić information content (AvgIpc) is 1.82. The minimum Gasteiger partial charge on any atom is -0.166 e. The Hall–Kier alpha value is -0.470. The van der Waals surface area contributed by atoms with E-state index in [0.29, 0.717) is 5.57 Å². The van der Waals surface area contributed by atoms with Crippen LogP contribution in [0.4, 0.5) is 13.2 Å². The van der Waals surface area contributed by atoms with Crippen LogP contribution in [0.25, 0.3) is 0 Å². The molecule has 0 N–H and O–H groups in total. The minimum absolute atomic E-state index is 0.0309. The summed E-state index contributed by atoms with van der Waals surface area (Å²) in [7, 11) is 0. The predicted octanol–water partition coefficient (Wildman–Crippen LogP) is 3.54. The van der Waals surface area contributed by atoms with Crippen molar-refractivity contribution in [1.82, 2.24) is 0 Å². The summed E-state index contributed by atoms with van der Waals surface area (Å²) in [4.78, 5) is 0. The Morgan fingerprint density at radius 1 is 1.09 bits per heavy atom. The fourth-order valence-electron chi connectivity index (χ4n) is 0.657. The first kappa shape index (κ1) is 10.5. The molecule has 0 heterocycles. The molecule has 0 rings (SSSR count). The largest absolute Gasteiger partial charge is 0.412 e. The van der Waals surface area contributed by atoms with Gasteiger partial charge in [0.05, 0.1) is 0 Å². The summed E-state index contributed by atoms with van der Waals surface area (Å²) < 4.78 is 36.0. The summed E-state index contributed by atoms with van der Waals surface area (Å²) in [5.41, 5.74) is -0.0509. The highest BCUT2D eigenvalue weighted by Crippen LogP contribution is 2.29. The molecule has 0 aromatic rings. The van der Waals surface area contributed by atoms with Crippen molar-refractivity contribution in [3.8, 4) is 0 Å². The number of hydrogen-bond acceptors (Lipinski definition) is 0. The zero-order valence-corrected chi connectivity index (χ0v) is 7.21. The molecule has 0 nitrogen and oxygen atoms in total. The highest BCUT2D eigenvalue weighted by atomic mass is 19.4. The predicted molar refractivity (Wildman–Crippen MR) is 39.3 cm³/mol. The van der Waals surface area contributed by atoms with Crippen molar-refractivity contribution in [3.63, 3.8) is 0 Å². The van der Waals surface area contributed by atoms with Gasteiger partial charge in [0.2, 0.25) is 0 Å². The second-order valence-electron chi connectivity index (χ2n) is 2.96. The van der Waals surface area contributed by atoms with Crippen LogP contribution in [0.15, 0.2) is 11.1 Å². The third kappa shape index (κ3) is 2.95. The fraction of sp³-hybridized carbons (Fsp3) is 0.750. The van der Waals surface area contributed by atoms with Crippen LogP contribution in [0, 0.1) is 5.92 Å². The van der Waals surface area contributed by atoms with Crippen LogP contribution in [0.3, 0.4) is 0 Å². The van der Waals surface area contributed by atoms with Gasteiger partial charge in [-0.15, -0.1) is 0 Å². The van der Waals surface area contributed by atoms with Gasteiger partial charge < -0.3 is 0 Å². The SMILES string of the molecule is C/C(=C(\C)C(F)(F)F)C(C)C. The van der Waals surface area contributed by atoms with Gasteiger partial charge in [-0.3, -0.25) is 0 Å². The van der Waals surface area contributed by atoms with Gasteiger partial charge in [0.1, 0.15) is 0 Å². The lowest BCUT2D eigenvalue weighted by Gasteiger charge is -2.13. The van der Waals surface area contributed by atoms with E-state index >= 15 is 0 Å². The minimum atomic E-state index is -4.16. The molecule has 0 saturated heterocycles. The van der Waals surface area contributed by atoms with E-state index in [1.807, 2.05) is 0 Å². The van der Waals surface area contributed by atoms with Crippen molar-refractivity contribution in [3.05, 3.63) is 11.1 Å². The van der Waals surface area contributed by atoms with Crippen molar-refractivity contribution in [2.24, 2.45) is 5.92 Å². The van der Waals surface area contributed by atoms with E-state index < -0.39 is 11.7 Å². The summed E-state index contributed by atoms with van der Waals surface area (Å²) in [6, 6.07) is 0. The number of hydrogen-bond donors (Lipinski definition) is 0. The summed E-state index contributed by atoms with van der Waals surface area (Å²) >= 11 is 0. The van der Waals surface area contributed by atoms with Gasteiger partial charge in [0.25, 0.3) is 0 Å². The van der Waals surface area contributed by atoms with Crippen molar-refractivity contribution < 1.29 is 13.2 Å². The summed E-state index contributed by atoms with van der Waals surface area (Å²) in [6.45, 7) is 6.15. The quantitative estimate of drug-likeness (QED) is 0.522. The zero-order chi connectivity index (χ0) is 9.23. The molecule has 66 valence electrons. The molecule has 0 radical (unpaired) electrons. The van der Waals surface area contributed by atoms with Crippen LogP contribution >= 0.6 is 0 Å². The lowest BCUT2D eigenvalue weighted by Crippen LogP contribution is -2.12. The molecule has 3 heteroatoms. The number of alkyl halides is 3. The average molecular weight is 166 g/mol. The van der Waals surface area contributed by atoms with Crippen molar-refractivity contribution in [2.75, 3.05) is 0 Å². The first-order valence-corrected chi connectivity index (χ1v) is 3.51. The zero-order valence-electron chi connectivity index (χ0n) is 7.21. The van der Waals surface area contributed by atoms with E-state index in [2.05, 4.69) is 0 Å². The van der Waals surface area contributed by atoms with Crippen LogP contribution in [0.5, 0.6) is 0 Å². The first-order chi connectivity index (χ1) is 4.76. The van der Waals surface area contributed by atoms with Crippen molar-refractivity contribution in [1.29, 1.82) is 0 Å². The highest BCUT2D eigenvalue weighted by Gasteiger charge is 2.31. The van der Waals surface area contributed by atoms with Gasteiger partial charge in [-0.25, -0.2) is 0 Å². The van der Waals surface area contributed by atoms with Crippen molar-refractivity contribution >= 4 is 0 Å². The van der Waals surface area contributed by atoms with E-state index in [1.165, 1.54) is 6.92 Å². The monoisotopic (exact) mass is 166 g/mol. The van der Waals surface area contributed by atoms with Gasteiger partial charge in [-0.2, -0.15) is 13.2 Å². The molecule has 0 spiro atoms. The Kier molecular flexibility index (Phi) is 3.14. The summed E-state index contributed by atoms with van der Waals surface area (Å²) in [5.74, 6) is -0.0309. The molecule has 0 fully saturated rings. The topological polar surface area (TPSA) is 0 Å². The van der Waals surface area contributed by atoms with Crippen LogP contribution in [-0.4, -0.2) is 6.18 Å².